The molecule has 1 aromatic rings. The molecule has 0 fully saturated rings. The molecule has 0 unspecified atom stereocenters. The van der Waals surface area contributed by atoms with Crippen molar-refractivity contribution in [3.8, 4) is 0 Å². The number of nitrogens with zero attached hydrogens (tertiary/aromatic N) is 2. The van der Waals surface area contributed by atoms with Crippen molar-refractivity contribution in [2.45, 2.75) is 19.4 Å². The van der Waals surface area contributed by atoms with Gasteiger partial charge in [-0.1, -0.05) is 0 Å². The molecule has 0 radical (unpaired) electrons. The molecule has 0 aliphatic heterocycles. The molecule has 0 aliphatic rings. The van der Waals surface area contributed by atoms with E-state index in [9.17, 15) is 4.79 Å². The second-order valence-electron chi connectivity index (χ2n) is 4.09. The Morgan fingerprint density at radius 1 is 1.56 bits per heavy atom. The summed E-state index contributed by atoms with van der Waals surface area (Å²) in [4.78, 5) is 15.3. The molecule has 0 bridgehead atoms. The number of anilines is 1. The molecule has 90 valence electrons. The predicted molar refractivity (Wildman–Crippen MR) is 59.2 cm³/mol. The van der Waals surface area contributed by atoms with Gasteiger partial charge in [-0.05, 0) is 13.8 Å². The second kappa shape index (κ2) is 4.52. The number of carbonyl (C=O) groups is 1. The van der Waals surface area contributed by atoms with Crippen LogP contribution in [-0.2, 0) is 15.0 Å². The highest BCUT2D eigenvalue weighted by atomic mass is 16.5. The van der Waals surface area contributed by atoms with Crippen LogP contribution in [0.5, 0.6) is 0 Å². The molecule has 0 atom stereocenters. The normalized spacial score (nSPS) is 11.5. The quantitative estimate of drug-likeness (QED) is 0.763. The van der Waals surface area contributed by atoms with Crippen LogP contribution in [0.4, 0.5) is 5.82 Å². The van der Waals surface area contributed by atoms with E-state index in [1.807, 2.05) is 13.8 Å². The summed E-state index contributed by atoms with van der Waals surface area (Å²) < 4.78 is 11.4. The summed E-state index contributed by atoms with van der Waals surface area (Å²) in [7, 11) is 2.90. The smallest absolute Gasteiger partial charge is 0.360 e. The largest absolute Gasteiger partial charge is 0.464 e. The second-order valence-corrected chi connectivity index (χ2v) is 4.09. The molecule has 0 amide bonds. The molecule has 0 aliphatic carbocycles. The van der Waals surface area contributed by atoms with Crippen LogP contribution in [0.1, 0.15) is 24.3 Å². The van der Waals surface area contributed by atoms with Gasteiger partial charge in [0.25, 0.3) is 0 Å². The van der Waals surface area contributed by atoms with Crippen molar-refractivity contribution in [1.82, 2.24) is 9.55 Å². The molecule has 1 aromatic heterocycles. The van der Waals surface area contributed by atoms with Gasteiger partial charge in [-0.2, -0.15) is 0 Å². The van der Waals surface area contributed by atoms with Gasteiger partial charge in [0, 0.05) is 7.11 Å². The molecule has 1 rings (SSSR count). The minimum absolute atomic E-state index is 0.131. The van der Waals surface area contributed by atoms with Crippen LogP contribution in [0.3, 0.4) is 0 Å². The summed E-state index contributed by atoms with van der Waals surface area (Å²) in [5.74, 6) is -0.252. The molecule has 6 heteroatoms. The lowest BCUT2D eigenvalue weighted by Crippen LogP contribution is -2.32. The first kappa shape index (κ1) is 12.5. The van der Waals surface area contributed by atoms with Gasteiger partial charge in [0.1, 0.15) is 5.82 Å². The maximum atomic E-state index is 11.3. The van der Waals surface area contributed by atoms with Crippen molar-refractivity contribution < 1.29 is 14.3 Å². The monoisotopic (exact) mass is 227 g/mol. The average Bonchev–Trinajstić information content (AvgIpc) is 2.59. The zero-order valence-electron chi connectivity index (χ0n) is 9.98. The third-order valence-corrected chi connectivity index (χ3v) is 2.33. The van der Waals surface area contributed by atoms with E-state index < -0.39 is 5.97 Å². The Hall–Kier alpha value is -1.56. The van der Waals surface area contributed by atoms with Crippen LogP contribution in [-0.4, -0.2) is 36.3 Å². The van der Waals surface area contributed by atoms with E-state index in [2.05, 4.69) is 9.72 Å². The molecule has 1 heterocycles. The van der Waals surface area contributed by atoms with Crippen molar-refractivity contribution in [1.29, 1.82) is 0 Å². The van der Waals surface area contributed by atoms with Crippen molar-refractivity contribution in [2.75, 3.05) is 26.6 Å². The van der Waals surface area contributed by atoms with Gasteiger partial charge in [0.05, 0.1) is 25.6 Å². The fourth-order valence-corrected chi connectivity index (χ4v) is 1.52. The van der Waals surface area contributed by atoms with Gasteiger partial charge in [0.2, 0.25) is 0 Å². The van der Waals surface area contributed by atoms with Gasteiger partial charge < -0.3 is 19.8 Å². The number of esters is 1. The summed E-state index contributed by atoms with van der Waals surface area (Å²) in [5.41, 5.74) is 5.61. The Kier molecular flexibility index (Phi) is 3.54. The summed E-state index contributed by atoms with van der Waals surface area (Å²) in [6.45, 7) is 4.35. The molecule has 6 nitrogen and oxygen atoms in total. The number of rotatable bonds is 4. The Bertz CT molecular complexity index is 385. The van der Waals surface area contributed by atoms with E-state index in [1.165, 1.54) is 13.4 Å². The summed E-state index contributed by atoms with van der Waals surface area (Å²) in [6, 6.07) is 0. The first-order valence-electron chi connectivity index (χ1n) is 4.84. The maximum absolute atomic E-state index is 11.3. The van der Waals surface area contributed by atoms with E-state index >= 15 is 0 Å². The van der Waals surface area contributed by atoms with Crippen LogP contribution in [0.15, 0.2) is 6.33 Å². The molecule has 0 aromatic carbocycles. The molecular formula is C10H17N3O3. The van der Waals surface area contributed by atoms with Crippen molar-refractivity contribution in [2.24, 2.45) is 0 Å². The van der Waals surface area contributed by atoms with Crippen LogP contribution >= 0.6 is 0 Å². The summed E-state index contributed by atoms with van der Waals surface area (Å²) in [6.07, 6.45) is 1.51. The molecule has 0 saturated heterocycles. The fraction of sp³-hybridized carbons (Fsp3) is 0.600. The van der Waals surface area contributed by atoms with Gasteiger partial charge in [-0.15, -0.1) is 0 Å². The number of carbonyl (C=O) groups excluding carboxylic acids is 1. The van der Waals surface area contributed by atoms with E-state index in [4.69, 9.17) is 10.5 Å². The number of ether oxygens (including phenoxy) is 2. The van der Waals surface area contributed by atoms with Crippen LogP contribution in [0.25, 0.3) is 0 Å². The lowest BCUT2D eigenvalue weighted by atomic mass is 10.1. The lowest BCUT2D eigenvalue weighted by Gasteiger charge is -2.26. The highest BCUT2D eigenvalue weighted by Crippen LogP contribution is 2.22. The molecule has 2 N–H and O–H groups in total. The number of aromatic nitrogens is 2. The number of imidazole rings is 1. The minimum atomic E-state index is -0.538. The highest BCUT2D eigenvalue weighted by molar-refractivity contribution is 5.92. The lowest BCUT2D eigenvalue weighted by molar-refractivity contribution is 0.0595. The van der Waals surface area contributed by atoms with Crippen molar-refractivity contribution in [3.63, 3.8) is 0 Å². The third-order valence-electron chi connectivity index (χ3n) is 2.33. The number of nitrogen functional groups attached to an aromatic ring is 1. The first-order chi connectivity index (χ1) is 7.44. The molecule has 0 saturated carbocycles. The summed E-state index contributed by atoms with van der Waals surface area (Å²) >= 11 is 0. The van der Waals surface area contributed by atoms with Gasteiger partial charge in [-0.3, -0.25) is 0 Å². The number of nitrogens with two attached hydrogens (primary N) is 1. The zero-order chi connectivity index (χ0) is 12.3. The first-order valence-corrected chi connectivity index (χ1v) is 4.84. The Balaban J connectivity index is 3.09. The van der Waals surface area contributed by atoms with Crippen LogP contribution in [0, 0.1) is 0 Å². The zero-order valence-corrected chi connectivity index (χ0v) is 9.98. The molecule has 0 spiro atoms. The van der Waals surface area contributed by atoms with Crippen LogP contribution < -0.4 is 5.73 Å². The van der Waals surface area contributed by atoms with E-state index in [-0.39, 0.29) is 17.1 Å². The van der Waals surface area contributed by atoms with E-state index in [0.717, 1.165) is 0 Å². The maximum Gasteiger partial charge on any atom is 0.360 e. The molecule has 16 heavy (non-hydrogen) atoms. The van der Waals surface area contributed by atoms with E-state index in [1.54, 1.807) is 11.7 Å². The average molecular weight is 227 g/mol. The number of hydrogen-bond acceptors (Lipinski definition) is 5. The Morgan fingerprint density at radius 2 is 2.19 bits per heavy atom. The number of methoxy groups -OCH3 is 2. The van der Waals surface area contributed by atoms with Gasteiger partial charge >= 0.3 is 5.97 Å². The third kappa shape index (κ3) is 2.16. The van der Waals surface area contributed by atoms with Crippen molar-refractivity contribution in [3.05, 3.63) is 12.0 Å². The fourth-order valence-electron chi connectivity index (χ4n) is 1.52. The molecular weight excluding hydrogens is 210 g/mol. The topological polar surface area (TPSA) is 79.4 Å². The van der Waals surface area contributed by atoms with Crippen LogP contribution in [0.2, 0.25) is 0 Å². The standard InChI is InChI=1S/C10H17N3O3/c1-10(2,5-15-3)13-6-12-7(8(13)11)9(14)16-4/h6H,5,11H2,1-4H3. The number of hydrogen-bond donors (Lipinski definition) is 1. The van der Waals surface area contributed by atoms with E-state index in [0.29, 0.717) is 6.61 Å². The predicted octanol–water partition coefficient (Wildman–Crippen LogP) is 0.633. The highest BCUT2D eigenvalue weighted by Gasteiger charge is 2.26. The van der Waals surface area contributed by atoms with Gasteiger partial charge in [0.15, 0.2) is 5.69 Å². The minimum Gasteiger partial charge on any atom is -0.464 e. The Labute approximate surface area is 94.4 Å². The van der Waals surface area contributed by atoms with Crippen molar-refractivity contribution >= 4 is 11.8 Å². The van der Waals surface area contributed by atoms with Gasteiger partial charge in [-0.25, -0.2) is 9.78 Å². The summed E-state index contributed by atoms with van der Waals surface area (Å²) in [5, 5.41) is 0. The SMILES string of the molecule is COCC(C)(C)n1cnc(C(=O)OC)c1N. The Morgan fingerprint density at radius 3 is 2.69 bits per heavy atom.